The van der Waals surface area contributed by atoms with Crippen molar-refractivity contribution in [1.82, 2.24) is 0 Å². The summed E-state index contributed by atoms with van der Waals surface area (Å²) in [7, 11) is 0. The summed E-state index contributed by atoms with van der Waals surface area (Å²) in [5.41, 5.74) is 2.72. The largest absolute Gasteiger partial charge is 0.457 e. The first kappa shape index (κ1) is 13.0. The van der Waals surface area contributed by atoms with E-state index < -0.39 is 0 Å². The van der Waals surface area contributed by atoms with E-state index in [1.165, 1.54) is 0 Å². The Bertz CT molecular complexity index is 788. The fourth-order valence-electron chi connectivity index (χ4n) is 2.17. The highest BCUT2D eigenvalue weighted by atomic mass is 16.5. The molecule has 0 bridgehead atoms. The van der Waals surface area contributed by atoms with Crippen LogP contribution in [-0.2, 0) is 0 Å². The molecule has 0 aromatic heterocycles. The predicted molar refractivity (Wildman–Crippen MR) is 83.1 cm³/mol. The van der Waals surface area contributed by atoms with Crippen molar-refractivity contribution in [1.29, 1.82) is 5.26 Å². The molecule has 0 radical (unpaired) electrons. The Labute approximate surface area is 123 Å². The van der Waals surface area contributed by atoms with E-state index in [2.05, 4.69) is 6.07 Å². The lowest BCUT2D eigenvalue weighted by Crippen LogP contribution is -1.88. The zero-order valence-electron chi connectivity index (χ0n) is 11.4. The molecule has 0 heterocycles. The second kappa shape index (κ2) is 5.94. The predicted octanol–water partition coefficient (Wildman–Crippen LogP) is 5.02. The number of nitrogens with zero attached hydrogens (tertiary/aromatic N) is 1. The van der Waals surface area contributed by atoms with Crippen LogP contribution in [0.3, 0.4) is 0 Å². The van der Waals surface area contributed by atoms with E-state index in [1.54, 1.807) is 12.1 Å². The van der Waals surface area contributed by atoms with Gasteiger partial charge in [-0.25, -0.2) is 0 Å². The van der Waals surface area contributed by atoms with Crippen LogP contribution in [0.15, 0.2) is 78.9 Å². The molecular formula is C19H13NO. The summed E-state index contributed by atoms with van der Waals surface area (Å²) in [6.07, 6.45) is 0. The zero-order chi connectivity index (χ0) is 14.5. The number of benzene rings is 3. The van der Waals surface area contributed by atoms with Crippen LogP contribution >= 0.6 is 0 Å². The van der Waals surface area contributed by atoms with Gasteiger partial charge in [0.2, 0.25) is 0 Å². The molecule has 0 unspecified atom stereocenters. The molecule has 0 spiro atoms. The molecule has 0 N–H and O–H groups in total. The van der Waals surface area contributed by atoms with Crippen LogP contribution < -0.4 is 4.74 Å². The number of hydrogen-bond acceptors (Lipinski definition) is 2. The third kappa shape index (κ3) is 2.93. The summed E-state index contributed by atoms with van der Waals surface area (Å²) in [6.45, 7) is 0. The lowest BCUT2D eigenvalue weighted by atomic mass is 10.0. The Balaban J connectivity index is 1.98. The van der Waals surface area contributed by atoms with Gasteiger partial charge in [-0.3, -0.25) is 0 Å². The Hall–Kier alpha value is -3.05. The van der Waals surface area contributed by atoms with Crippen LogP contribution in [0.1, 0.15) is 5.56 Å². The van der Waals surface area contributed by atoms with Gasteiger partial charge in [-0.05, 0) is 29.8 Å². The molecule has 2 heteroatoms. The normalized spacial score (nSPS) is 9.86. The maximum Gasteiger partial charge on any atom is 0.135 e. The summed E-state index contributed by atoms with van der Waals surface area (Å²) in [5, 5.41) is 8.96. The van der Waals surface area contributed by atoms with E-state index in [1.807, 2.05) is 66.7 Å². The van der Waals surface area contributed by atoms with E-state index in [0.717, 1.165) is 16.9 Å². The highest BCUT2D eigenvalue weighted by Crippen LogP contribution is 2.33. The number of nitriles is 1. The Morgan fingerprint density at radius 3 is 2.33 bits per heavy atom. The topological polar surface area (TPSA) is 33.0 Å². The van der Waals surface area contributed by atoms with Crippen LogP contribution in [-0.4, -0.2) is 0 Å². The van der Waals surface area contributed by atoms with Gasteiger partial charge in [0.25, 0.3) is 0 Å². The lowest BCUT2D eigenvalue weighted by molar-refractivity contribution is 0.484. The summed E-state index contributed by atoms with van der Waals surface area (Å²) >= 11 is 0. The maximum absolute atomic E-state index is 8.96. The monoisotopic (exact) mass is 271 g/mol. The summed E-state index contributed by atoms with van der Waals surface area (Å²) in [6, 6.07) is 27.3. The van der Waals surface area contributed by atoms with Crippen LogP contribution in [0.25, 0.3) is 11.1 Å². The van der Waals surface area contributed by atoms with E-state index in [9.17, 15) is 0 Å². The molecular weight excluding hydrogens is 258 g/mol. The van der Waals surface area contributed by atoms with Crippen molar-refractivity contribution < 1.29 is 4.74 Å². The van der Waals surface area contributed by atoms with Crippen molar-refractivity contribution in [3.8, 4) is 28.7 Å². The van der Waals surface area contributed by atoms with Crippen molar-refractivity contribution in [2.24, 2.45) is 0 Å². The SMILES string of the molecule is N#Cc1cccc(Oc2ccccc2-c2ccccc2)c1. The van der Waals surface area contributed by atoms with Crippen molar-refractivity contribution in [3.05, 3.63) is 84.4 Å². The van der Waals surface area contributed by atoms with E-state index in [4.69, 9.17) is 10.00 Å². The smallest absolute Gasteiger partial charge is 0.135 e. The van der Waals surface area contributed by atoms with Gasteiger partial charge < -0.3 is 4.74 Å². The molecule has 21 heavy (non-hydrogen) atoms. The molecule has 0 fully saturated rings. The number of ether oxygens (including phenoxy) is 1. The van der Waals surface area contributed by atoms with Crippen molar-refractivity contribution in [2.75, 3.05) is 0 Å². The van der Waals surface area contributed by atoms with Gasteiger partial charge in [0.1, 0.15) is 11.5 Å². The number of para-hydroxylation sites is 1. The summed E-state index contributed by atoms with van der Waals surface area (Å²) in [5.74, 6) is 1.44. The molecule has 100 valence electrons. The first-order valence-electron chi connectivity index (χ1n) is 6.69. The fourth-order valence-corrected chi connectivity index (χ4v) is 2.17. The molecule has 0 aliphatic rings. The Morgan fingerprint density at radius 1 is 0.762 bits per heavy atom. The molecule has 0 saturated heterocycles. The van der Waals surface area contributed by atoms with E-state index >= 15 is 0 Å². The van der Waals surface area contributed by atoms with Crippen molar-refractivity contribution >= 4 is 0 Å². The average Bonchev–Trinajstić information content (AvgIpc) is 2.56. The highest BCUT2D eigenvalue weighted by Gasteiger charge is 2.06. The zero-order valence-corrected chi connectivity index (χ0v) is 11.4. The molecule has 0 saturated carbocycles. The van der Waals surface area contributed by atoms with Gasteiger partial charge >= 0.3 is 0 Å². The second-order valence-corrected chi connectivity index (χ2v) is 4.60. The molecule has 0 aliphatic heterocycles. The summed E-state index contributed by atoms with van der Waals surface area (Å²) in [4.78, 5) is 0. The Morgan fingerprint density at radius 2 is 1.52 bits per heavy atom. The van der Waals surface area contributed by atoms with Gasteiger partial charge in [0, 0.05) is 5.56 Å². The maximum atomic E-state index is 8.96. The molecule has 2 nitrogen and oxygen atoms in total. The Kier molecular flexibility index (Phi) is 3.66. The third-order valence-electron chi connectivity index (χ3n) is 3.16. The number of hydrogen-bond donors (Lipinski definition) is 0. The van der Waals surface area contributed by atoms with Gasteiger partial charge in [-0.2, -0.15) is 5.26 Å². The molecule has 0 aliphatic carbocycles. The average molecular weight is 271 g/mol. The van der Waals surface area contributed by atoms with Crippen LogP contribution in [0.5, 0.6) is 11.5 Å². The quantitative estimate of drug-likeness (QED) is 0.670. The van der Waals surface area contributed by atoms with Crippen molar-refractivity contribution in [2.45, 2.75) is 0 Å². The molecule has 0 atom stereocenters. The minimum absolute atomic E-state index is 0.588. The van der Waals surface area contributed by atoms with Gasteiger partial charge in [-0.1, -0.05) is 54.6 Å². The van der Waals surface area contributed by atoms with Crippen LogP contribution in [0.2, 0.25) is 0 Å². The van der Waals surface area contributed by atoms with Gasteiger partial charge in [-0.15, -0.1) is 0 Å². The van der Waals surface area contributed by atoms with Crippen molar-refractivity contribution in [3.63, 3.8) is 0 Å². The third-order valence-corrected chi connectivity index (χ3v) is 3.16. The highest BCUT2D eigenvalue weighted by molar-refractivity contribution is 5.70. The molecule has 3 aromatic carbocycles. The number of rotatable bonds is 3. The minimum Gasteiger partial charge on any atom is -0.457 e. The van der Waals surface area contributed by atoms with Gasteiger partial charge in [0.15, 0.2) is 0 Å². The second-order valence-electron chi connectivity index (χ2n) is 4.60. The summed E-state index contributed by atoms with van der Waals surface area (Å²) < 4.78 is 5.96. The van der Waals surface area contributed by atoms with Gasteiger partial charge in [0.05, 0.1) is 11.6 Å². The molecule has 3 aromatic rings. The van der Waals surface area contributed by atoms with Crippen LogP contribution in [0.4, 0.5) is 0 Å². The van der Waals surface area contributed by atoms with Crippen LogP contribution in [0, 0.1) is 11.3 Å². The lowest BCUT2D eigenvalue weighted by Gasteiger charge is -2.11. The molecule has 0 amide bonds. The fraction of sp³-hybridized carbons (Fsp3) is 0. The first-order valence-corrected chi connectivity index (χ1v) is 6.69. The van der Waals surface area contributed by atoms with E-state index in [-0.39, 0.29) is 0 Å². The van der Waals surface area contributed by atoms with E-state index in [0.29, 0.717) is 11.3 Å². The first-order chi connectivity index (χ1) is 10.4. The standard InChI is InChI=1S/C19H13NO/c20-14-15-7-6-10-17(13-15)21-19-12-5-4-11-18(19)16-8-2-1-3-9-16/h1-13H. The minimum atomic E-state index is 0.588. The molecule has 3 rings (SSSR count).